The maximum absolute atomic E-state index is 6.36. The molecule has 1 aromatic carbocycles. The third kappa shape index (κ3) is 3.10. The van der Waals surface area contributed by atoms with Crippen LogP contribution in [0.5, 0.6) is 0 Å². The average Bonchev–Trinajstić information content (AvgIpc) is 2.51. The summed E-state index contributed by atoms with van der Waals surface area (Å²) >= 11 is 2.04. The molecule has 1 aliphatic carbocycles. The molecule has 1 aromatic rings. The number of benzene rings is 1. The highest BCUT2D eigenvalue weighted by Gasteiger charge is 2.39. The molecule has 0 bridgehead atoms. The Hall–Kier alpha value is -0.470. The van der Waals surface area contributed by atoms with Crippen LogP contribution in [0, 0.1) is 19.3 Å². The number of aryl methyl sites for hydroxylation is 2. The van der Waals surface area contributed by atoms with Gasteiger partial charge in [-0.2, -0.15) is 11.8 Å². The molecule has 2 heteroatoms. The van der Waals surface area contributed by atoms with Crippen LogP contribution in [0.1, 0.15) is 43.4 Å². The van der Waals surface area contributed by atoms with Gasteiger partial charge in [-0.25, -0.2) is 0 Å². The minimum atomic E-state index is 0.320. The van der Waals surface area contributed by atoms with Gasteiger partial charge in [0.1, 0.15) is 0 Å². The van der Waals surface area contributed by atoms with Crippen molar-refractivity contribution in [1.29, 1.82) is 0 Å². The molecule has 1 nitrogen and oxygen atoms in total. The van der Waals surface area contributed by atoms with E-state index in [-0.39, 0.29) is 0 Å². The molecule has 0 aromatic heterocycles. The van der Waals surface area contributed by atoms with Crippen LogP contribution in [0.3, 0.4) is 0 Å². The standard InChI is InChI=1S/C16H25NS/c1-11-7-12(2)9-13(8-11)10-18-14-5-6-16(3,4)15(14)17/h7-9,14-15H,5-6,10,17H2,1-4H3. The molecule has 2 rings (SSSR count). The molecule has 18 heavy (non-hydrogen) atoms. The summed E-state index contributed by atoms with van der Waals surface area (Å²) in [6.07, 6.45) is 2.53. The minimum Gasteiger partial charge on any atom is -0.326 e. The summed E-state index contributed by atoms with van der Waals surface area (Å²) in [5.74, 6) is 1.09. The van der Waals surface area contributed by atoms with E-state index in [0.717, 1.165) is 5.75 Å². The lowest BCUT2D eigenvalue weighted by atomic mass is 9.88. The van der Waals surface area contributed by atoms with Gasteiger partial charge in [-0.1, -0.05) is 43.2 Å². The molecule has 100 valence electrons. The summed E-state index contributed by atoms with van der Waals surface area (Å²) in [6.45, 7) is 8.95. The first-order valence-electron chi connectivity index (χ1n) is 6.83. The zero-order chi connectivity index (χ0) is 13.3. The molecule has 0 radical (unpaired) electrons. The first-order chi connectivity index (χ1) is 8.38. The zero-order valence-electron chi connectivity index (χ0n) is 12.0. The topological polar surface area (TPSA) is 26.0 Å². The van der Waals surface area contributed by atoms with Crippen LogP contribution in [0.15, 0.2) is 18.2 Å². The monoisotopic (exact) mass is 263 g/mol. The molecule has 1 saturated carbocycles. The van der Waals surface area contributed by atoms with Gasteiger partial charge in [0.15, 0.2) is 0 Å². The highest BCUT2D eigenvalue weighted by molar-refractivity contribution is 7.99. The predicted molar refractivity (Wildman–Crippen MR) is 82.0 cm³/mol. The Labute approximate surface area is 116 Å². The van der Waals surface area contributed by atoms with Gasteiger partial charge < -0.3 is 5.73 Å². The van der Waals surface area contributed by atoms with Gasteiger partial charge in [-0.3, -0.25) is 0 Å². The van der Waals surface area contributed by atoms with Crippen LogP contribution in [-0.2, 0) is 5.75 Å². The summed E-state index contributed by atoms with van der Waals surface area (Å²) in [5.41, 5.74) is 10.8. The maximum atomic E-state index is 6.36. The van der Waals surface area contributed by atoms with Gasteiger partial charge in [0.25, 0.3) is 0 Å². The Morgan fingerprint density at radius 3 is 2.33 bits per heavy atom. The maximum Gasteiger partial charge on any atom is 0.0211 e. The molecule has 0 saturated heterocycles. The zero-order valence-corrected chi connectivity index (χ0v) is 12.8. The Morgan fingerprint density at radius 1 is 1.22 bits per heavy atom. The van der Waals surface area contributed by atoms with Crippen LogP contribution in [0.4, 0.5) is 0 Å². The molecule has 0 spiro atoms. The van der Waals surface area contributed by atoms with E-state index in [2.05, 4.69) is 45.9 Å². The second-order valence-electron chi connectivity index (χ2n) is 6.40. The number of rotatable bonds is 3. The quantitative estimate of drug-likeness (QED) is 0.890. The van der Waals surface area contributed by atoms with E-state index in [1.54, 1.807) is 0 Å². The van der Waals surface area contributed by atoms with E-state index in [1.165, 1.54) is 29.5 Å². The van der Waals surface area contributed by atoms with Crippen molar-refractivity contribution in [2.75, 3.05) is 0 Å². The summed E-state index contributed by atoms with van der Waals surface area (Å²) in [6, 6.07) is 7.17. The third-order valence-electron chi connectivity index (χ3n) is 4.12. The number of hydrogen-bond acceptors (Lipinski definition) is 2. The summed E-state index contributed by atoms with van der Waals surface area (Å²) in [4.78, 5) is 0. The highest BCUT2D eigenvalue weighted by Crippen LogP contribution is 2.42. The second kappa shape index (κ2) is 5.26. The number of hydrogen-bond donors (Lipinski definition) is 1. The van der Waals surface area contributed by atoms with Crippen LogP contribution in [0.2, 0.25) is 0 Å². The van der Waals surface area contributed by atoms with E-state index < -0.39 is 0 Å². The SMILES string of the molecule is Cc1cc(C)cc(CSC2CCC(C)(C)C2N)c1. The van der Waals surface area contributed by atoms with E-state index in [0.29, 0.717) is 16.7 Å². The Bertz CT molecular complexity index is 405. The molecule has 0 heterocycles. The van der Waals surface area contributed by atoms with Crippen molar-refractivity contribution < 1.29 is 0 Å². The predicted octanol–water partition coefficient (Wildman–Crippen LogP) is 4.05. The van der Waals surface area contributed by atoms with Gasteiger partial charge in [0, 0.05) is 17.0 Å². The smallest absolute Gasteiger partial charge is 0.0211 e. The summed E-state index contributed by atoms with van der Waals surface area (Å²) < 4.78 is 0. The second-order valence-corrected chi connectivity index (χ2v) is 7.63. The van der Waals surface area contributed by atoms with Crippen LogP contribution >= 0.6 is 11.8 Å². The van der Waals surface area contributed by atoms with Crippen LogP contribution < -0.4 is 5.73 Å². The van der Waals surface area contributed by atoms with Crippen molar-refractivity contribution in [2.24, 2.45) is 11.1 Å². The fourth-order valence-corrected chi connectivity index (χ4v) is 4.34. The molecule has 0 amide bonds. The molecule has 1 aliphatic rings. The van der Waals surface area contributed by atoms with Crippen molar-refractivity contribution in [3.8, 4) is 0 Å². The molecule has 2 atom stereocenters. The fraction of sp³-hybridized carbons (Fsp3) is 0.625. The molecule has 1 fully saturated rings. The van der Waals surface area contributed by atoms with Crippen molar-refractivity contribution in [1.82, 2.24) is 0 Å². The van der Waals surface area contributed by atoms with E-state index >= 15 is 0 Å². The normalized spacial score (nSPS) is 26.5. The first-order valence-corrected chi connectivity index (χ1v) is 7.88. The Morgan fingerprint density at radius 2 is 1.83 bits per heavy atom. The highest BCUT2D eigenvalue weighted by atomic mass is 32.2. The van der Waals surface area contributed by atoms with Gasteiger partial charge in [-0.05, 0) is 37.7 Å². The summed E-state index contributed by atoms with van der Waals surface area (Å²) in [7, 11) is 0. The molecule has 0 aliphatic heterocycles. The van der Waals surface area contributed by atoms with Crippen LogP contribution in [-0.4, -0.2) is 11.3 Å². The first kappa shape index (κ1) is 14.0. The van der Waals surface area contributed by atoms with Gasteiger partial charge in [0.2, 0.25) is 0 Å². The molecule has 2 unspecified atom stereocenters. The number of thioether (sulfide) groups is 1. The lowest BCUT2D eigenvalue weighted by Crippen LogP contribution is -2.38. The largest absolute Gasteiger partial charge is 0.326 e. The van der Waals surface area contributed by atoms with Crippen molar-refractivity contribution in [2.45, 2.75) is 57.6 Å². The van der Waals surface area contributed by atoms with Gasteiger partial charge in [-0.15, -0.1) is 0 Å². The minimum absolute atomic E-state index is 0.320. The lowest BCUT2D eigenvalue weighted by Gasteiger charge is -2.26. The van der Waals surface area contributed by atoms with Crippen molar-refractivity contribution >= 4 is 11.8 Å². The van der Waals surface area contributed by atoms with Crippen molar-refractivity contribution in [3.05, 3.63) is 34.9 Å². The Balaban J connectivity index is 1.96. The molecular formula is C16H25NS. The molecule has 2 N–H and O–H groups in total. The molecular weight excluding hydrogens is 238 g/mol. The van der Waals surface area contributed by atoms with Gasteiger partial charge >= 0.3 is 0 Å². The van der Waals surface area contributed by atoms with E-state index in [1.807, 2.05) is 11.8 Å². The average molecular weight is 263 g/mol. The fourth-order valence-electron chi connectivity index (χ4n) is 2.91. The van der Waals surface area contributed by atoms with E-state index in [9.17, 15) is 0 Å². The Kier molecular flexibility index (Phi) is 4.08. The van der Waals surface area contributed by atoms with Crippen molar-refractivity contribution in [3.63, 3.8) is 0 Å². The van der Waals surface area contributed by atoms with Gasteiger partial charge in [0.05, 0.1) is 0 Å². The third-order valence-corrected chi connectivity index (χ3v) is 5.58. The van der Waals surface area contributed by atoms with E-state index in [4.69, 9.17) is 5.73 Å². The van der Waals surface area contributed by atoms with Crippen LogP contribution in [0.25, 0.3) is 0 Å². The lowest BCUT2D eigenvalue weighted by molar-refractivity contribution is 0.334. The number of nitrogens with two attached hydrogens (primary N) is 1. The summed E-state index contributed by atoms with van der Waals surface area (Å²) in [5, 5.41) is 0.626.